The van der Waals surface area contributed by atoms with Crippen molar-refractivity contribution >= 4 is 11.9 Å². The molecule has 0 aromatic heterocycles. The Bertz CT molecular complexity index is 392. The number of aliphatic hydroxyl groups excluding tert-OH is 1. The highest BCUT2D eigenvalue weighted by atomic mass is 16.5. The average molecular weight is 226 g/mol. The van der Waals surface area contributed by atoms with Crippen molar-refractivity contribution in [2.75, 3.05) is 0 Å². The van der Waals surface area contributed by atoms with Gasteiger partial charge in [0.2, 0.25) is 0 Å². The first kappa shape index (κ1) is 12.0. The van der Waals surface area contributed by atoms with E-state index in [2.05, 4.69) is 6.58 Å². The summed E-state index contributed by atoms with van der Waals surface area (Å²) in [6.07, 6.45) is 1.63. The minimum Gasteiger partial charge on any atom is -0.478 e. The largest absolute Gasteiger partial charge is 0.478 e. The minimum atomic E-state index is -1.33. The molecule has 0 spiro atoms. The molecule has 6 nitrogen and oxygen atoms in total. The molecule has 0 aliphatic heterocycles. The Morgan fingerprint density at radius 3 is 2.44 bits per heavy atom. The van der Waals surface area contributed by atoms with Crippen molar-refractivity contribution in [3.63, 3.8) is 0 Å². The van der Waals surface area contributed by atoms with E-state index in [1.807, 2.05) is 0 Å². The number of carboxylic acid groups (broad SMARTS) is 2. The zero-order valence-corrected chi connectivity index (χ0v) is 8.16. The van der Waals surface area contributed by atoms with E-state index < -0.39 is 29.9 Å². The normalized spacial score (nSPS) is 23.4. The van der Waals surface area contributed by atoms with Gasteiger partial charge in [0.25, 0.3) is 0 Å². The van der Waals surface area contributed by atoms with Crippen LogP contribution in [-0.4, -0.2) is 39.5 Å². The van der Waals surface area contributed by atoms with Crippen molar-refractivity contribution in [2.45, 2.75) is 12.2 Å². The van der Waals surface area contributed by atoms with Crippen LogP contribution in [0.1, 0.15) is 0 Å². The number of hydrogen-bond donors (Lipinski definition) is 3. The molecule has 0 aromatic carbocycles. The smallest absolute Gasteiger partial charge is 0.370 e. The van der Waals surface area contributed by atoms with Crippen LogP contribution in [0.2, 0.25) is 0 Å². The van der Waals surface area contributed by atoms with E-state index in [4.69, 9.17) is 14.9 Å². The van der Waals surface area contributed by atoms with Gasteiger partial charge in [-0.15, -0.1) is 0 Å². The molecule has 2 atom stereocenters. The third-order valence-electron chi connectivity index (χ3n) is 1.91. The van der Waals surface area contributed by atoms with Gasteiger partial charge in [-0.05, 0) is 18.7 Å². The lowest BCUT2D eigenvalue weighted by atomic mass is 10.0. The number of ether oxygens (including phenoxy) is 1. The molecule has 0 unspecified atom stereocenters. The van der Waals surface area contributed by atoms with Gasteiger partial charge in [0.1, 0.15) is 12.2 Å². The van der Waals surface area contributed by atoms with Crippen LogP contribution >= 0.6 is 0 Å². The summed E-state index contributed by atoms with van der Waals surface area (Å²) in [5, 5.41) is 26.5. The predicted octanol–water partition coefficient (Wildman–Crippen LogP) is -0.0884. The second-order valence-electron chi connectivity index (χ2n) is 3.07. The molecule has 0 radical (unpaired) electrons. The third kappa shape index (κ3) is 2.71. The van der Waals surface area contributed by atoms with E-state index in [1.54, 1.807) is 0 Å². The van der Waals surface area contributed by atoms with Crippen LogP contribution in [0.25, 0.3) is 0 Å². The zero-order valence-electron chi connectivity index (χ0n) is 8.16. The van der Waals surface area contributed by atoms with Gasteiger partial charge in [-0.2, -0.15) is 0 Å². The fraction of sp³-hybridized carbons (Fsp3) is 0.200. The van der Waals surface area contributed by atoms with Gasteiger partial charge >= 0.3 is 11.9 Å². The lowest BCUT2D eigenvalue weighted by molar-refractivity contribution is -0.136. The maximum Gasteiger partial charge on any atom is 0.370 e. The summed E-state index contributed by atoms with van der Waals surface area (Å²) >= 11 is 0. The summed E-state index contributed by atoms with van der Waals surface area (Å²) in [5.41, 5.74) is -0.259. The van der Waals surface area contributed by atoms with Gasteiger partial charge in [0, 0.05) is 0 Å². The Morgan fingerprint density at radius 2 is 1.94 bits per heavy atom. The fourth-order valence-electron chi connectivity index (χ4n) is 1.14. The SMILES string of the molecule is C=C(O[C@@H]1C=C[C@@H](O)C(C(=O)O)=C1)C(=O)O. The molecule has 0 aromatic rings. The van der Waals surface area contributed by atoms with Gasteiger partial charge < -0.3 is 20.1 Å². The quantitative estimate of drug-likeness (QED) is 0.351. The second kappa shape index (κ2) is 4.63. The highest BCUT2D eigenvalue weighted by Crippen LogP contribution is 2.16. The van der Waals surface area contributed by atoms with E-state index in [-0.39, 0.29) is 5.57 Å². The van der Waals surface area contributed by atoms with Crippen molar-refractivity contribution in [3.05, 3.63) is 36.1 Å². The molecule has 0 amide bonds. The van der Waals surface area contributed by atoms with Crippen LogP contribution in [-0.2, 0) is 14.3 Å². The first-order valence-electron chi connectivity index (χ1n) is 4.32. The first-order chi connectivity index (χ1) is 7.41. The molecule has 16 heavy (non-hydrogen) atoms. The van der Waals surface area contributed by atoms with Crippen LogP contribution in [0.4, 0.5) is 0 Å². The number of hydrogen-bond acceptors (Lipinski definition) is 4. The van der Waals surface area contributed by atoms with E-state index in [0.717, 1.165) is 6.08 Å². The monoisotopic (exact) mass is 226 g/mol. The van der Waals surface area contributed by atoms with Crippen molar-refractivity contribution in [1.29, 1.82) is 0 Å². The molecule has 1 rings (SSSR count). The summed E-state index contributed by atoms with van der Waals surface area (Å²) in [7, 11) is 0. The summed E-state index contributed by atoms with van der Waals surface area (Å²) in [5.74, 6) is -3.11. The van der Waals surface area contributed by atoms with Crippen LogP contribution in [0.5, 0.6) is 0 Å². The van der Waals surface area contributed by atoms with E-state index in [0.29, 0.717) is 0 Å². The first-order valence-corrected chi connectivity index (χ1v) is 4.32. The minimum absolute atomic E-state index is 0.259. The molecular formula is C10H10O6. The molecule has 6 heteroatoms. The van der Waals surface area contributed by atoms with Gasteiger partial charge in [-0.25, -0.2) is 9.59 Å². The van der Waals surface area contributed by atoms with Crippen molar-refractivity contribution in [1.82, 2.24) is 0 Å². The van der Waals surface area contributed by atoms with Crippen molar-refractivity contribution in [2.24, 2.45) is 0 Å². The average Bonchev–Trinajstić information content (AvgIpc) is 2.20. The van der Waals surface area contributed by atoms with Crippen LogP contribution in [0.15, 0.2) is 36.1 Å². The second-order valence-corrected chi connectivity index (χ2v) is 3.07. The Hall–Kier alpha value is -2.08. The Labute approximate surface area is 90.8 Å². The highest BCUT2D eigenvalue weighted by molar-refractivity contribution is 5.89. The van der Waals surface area contributed by atoms with Gasteiger partial charge in [0.05, 0.1) is 5.57 Å². The number of rotatable bonds is 4. The van der Waals surface area contributed by atoms with Gasteiger partial charge in [-0.3, -0.25) is 0 Å². The topological polar surface area (TPSA) is 104 Å². The van der Waals surface area contributed by atoms with E-state index in [1.165, 1.54) is 12.2 Å². The van der Waals surface area contributed by atoms with Crippen molar-refractivity contribution in [3.8, 4) is 0 Å². The molecule has 0 heterocycles. The third-order valence-corrected chi connectivity index (χ3v) is 1.91. The molecule has 1 aliphatic carbocycles. The summed E-state index contributed by atoms with van der Waals surface area (Å²) in [4.78, 5) is 21.1. The van der Waals surface area contributed by atoms with Gasteiger partial charge in [-0.1, -0.05) is 6.08 Å². The summed E-state index contributed by atoms with van der Waals surface area (Å²) in [6.45, 7) is 3.14. The fourth-order valence-corrected chi connectivity index (χ4v) is 1.14. The Morgan fingerprint density at radius 1 is 1.31 bits per heavy atom. The maximum atomic E-state index is 10.7. The van der Waals surface area contributed by atoms with Crippen LogP contribution in [0.3, 0.4) is 0 Å². The number of carboxylic acids is 2. The lowest BCUT2D eigenvalue weighted by Gasteiger charge is -2.18. The van der Waals surface area contributed by atoms with Crippen LogP contribution < -0.4 is 0 Å². The summed E-state index contributed by atoms with van der Waals surface area (Å²) in [6, 6.07) is 0. The van der Waals surface area contributed by atoms with E-state index >= 15 is 0 Å². The highest BCUT2D eigenvalue weighted by Gasteiger charge is 2.23. The number of carbonyl (C=O) groups is 2. The predicted molar refractivity (Wildman–Crippen MR) is 52.5 cm³/mol. The molecule has 0 saturated carbocycles. The molecule has 0 fully saturated rings. The molecule has 86 valence electrons. The van der Waals surface area contributed by atoms with E-state index in [9.17, 15) is 14.7 Å². The number of aliphatic hydroxyl groups is 1. The Balaban J connectivity index is 2.77. The molecular weight excluding hydrogens is 216 g/mol. The zero-order chi connectivity index (χ0) is 12.3. The lowest BCUT2D eigenvalue weighted by Crippen LogP contribution is -2.24. The molecule has 1 aliphatic rings. The summed E-state index contributed by atoms with van der Waals surface area (Å²) < 4.78 is 4.85. The maximum absolute atomic E-state index is 10.7. The molecule has 0 bridgehead atoms. The van der Waals surface area contributed by atoms with Gasteiger partial charge in [0.15, 0.2) is 5.76 Å². The number of aliphatic carboxylic acids is 2. The molecule has 3 N–H and O–H groups in total. The van der Waals surface area contributed by atoms with Crippen LogP contribution in [0, 0.1) is 0 Å². The van der Waals surface area contributed by atoms with Crippen molar-refractivity contribution < 1.29 is 29.6 Å². The molecule has 0 saturated heterocycles. The standard InChI is InChI=1S/C10H10O6/c1-5(9(12)13)16-6-2-3-8(11)7(4-6)10(14)15/h2-4,6,8,11H,1H2,(H,12,13)(H,14,15)/t6-,8-/m1/s1. The Kier molecular flexibility index (Phi) is 3.47.